The minimum Gasteiger partial charge on any atom is -0.309 e. The molecule has 0 saturated carbocycles. The molecule has 0 fully saturated rings. The van der Waals surface area contributed by atoms with Gasteiger partial charge in [-0.15, -0.1) is 0 Å². The van der Waals surface area contributed by atoms with Gasteiger partial charge in [0.25, 0.3) is 0 Å². The van der Waals surface area contributed by atoms with Crippen molar-refractivity contribution in [3.63, 3.8) is 0 Å². The standard InChI is InChI=1S/C21H22N2S/c1-5-21(4)19-23-17-14(11-8-12-16(17)20(21,2)3)13-9-6-7-10-15(13)18(23)22-24-19/h6-12,19H,5H2,1-4H3. The fourth-order valence-electron chi connectivity index (χ4n) is 4.78. The van der Waals surface area contributed by atoms with Crippen molar-refractivity contribution in [1.29, 1.82) is 0 Å². The van der Waals surface area contributed by atoms with Crippen LogP contribution < -0.4 is 4.90 Å². The second-order valence-corrected chi connectivity index (χ2v) is 8.73. The molecule has 0 aliphatic carbocycles. The molecule has 2 nitrogen and oxygen atoms in total. The van der Waals surface area contributed by atoms with Crippen LogP contribution >= 0.6 is 11.9 Å². The zero-order valence-corrected chi connectivity index (χ0v) is 15.4. The third-order valence-electron chi connectivity index (χ3n) is 6.82. The van der Waals surface area contributed by atoms with Gasteiger partial charge in [-0.2, -0.15) is 4.40 Å². The average Bonchev–Trinajstić information content (AvgIpc) is 3.05. The second kappa shape index (κ2) is 4.45. The minimum absolute atomic E-state index is 0.110. The van der Waals surface area contributed by atoms with Gasteiger partial charge in [0.2, 0.25) is 0 Å². The van der Waals surface area contributed by atoms with Crippen LogP contribution in [0.2, 0.25) is 0 Å². The van der Waals surface area contributed by atoms with E-state index in [0.717, 1.165) is 12.3 Å². The van der Waals surface area contributed by atoms with Crippen LogP contribution in [0.15, 0.2) is 46.9 Å². The lowest BCUT2D eigenvalue weighted by Crippen LogP contribution is -2.58. The van der Waals surface area contributed by atoms with Gasteiger partial charge in [0, 0.05) is 28.5 Å². The molecule has 2 atom stereocenters. The molecule has 0 aromatic heterocycles. The van der Waals surface area contributed by atoms with Crippen LogP contribution in [0.1, 0.15) is 45.2 Å². The first-order valence-corrected chi connectivity index (χ1v) is 9.60. The molecule has 0 amide bonds. The SMILES string of the molecule is CCC1(C)C2SN=C3c4ccccc4-c4cccc(c4N32)C1(C)C. The lowest BCUT2D eigenvalue weighted by molar-refractivity contribution is 0.150. The number of hydrogen-bond donors (Lipinski definition) is 0. The quantitative estimate of drug-likeness (QED) is 0.629. The molecule has 24 heavy (non-hydrogen) atoms. The van der Waals surface area contributed by atoms with Gasteiger partial charge < -0.3 is 4.90 Å². The van der Waals surface area contributed by atoms with Crippen LogP contribution in [0.3, 0.4) is 0 Å². The largest absolute Gasteiger partial charge is 0.309 e. The fourth-order valence-corrected chi connectivity index (χ4v) is 6.16. The van der Waals surface area contributed by atoms with E-state index in [2.05, 4.69) is 75.1 Å². The van der Waals surface area contributed by atoms with Gasteiger partial charge in [-0.1, -0.05) is 70.2 Å². The van der Waals surface area contributed by atoms with Crippen molar-refractivity contribution in [3.8, 4) is 11.1 Å². The van der Waals surface area contributed by atoms with Crippen molar-refractivity contribution in [2.75, 3.05) is 4.90 Å². The Morgan fingerprint density at radius 1 is 1.00 bits per heavy atom. The van der Waals surface area contributed by atoms with Crippen LogP contribution in [-0.4, -0.2) is 11.2 Å². The van der Waals surface area contributed by atoms with E-state index < -0.39 is 0 Å². The molecule has 0 spiro atoms. The van der Waals surface area contributed by atoms with Gasteiger partial charge in [0.1, 0.15) is 11.2 Å². The Hall–Kier alpha value is -1.74. The summed E-state index contributed by atoms with van der Waals surface area (Å²) >= 11 is 1.77. The third kappa shape index (κ3) is 1.44. The summed E-state index contributed by atoms with van der Waals surface area (Å²) in [5, 5.41) is 0.370. The molecular formula is C21H22N2S. The van der Waals surface area contributed by atoms with E-state index in [4.69, 9.17) is 4.40 Å². The summed E-state index contributed by atoms with van der Waals surface area (Å²) in [6.07, 6.45) is 1.14. The van der Waals surface area contributed by atoms with E-state index in [1.54, 1.807) is 11.9 Å². The molecule has 2 aromatic rings. The van der Waals surface area contributed by atoms with Gasteiger partial charge >= 0.3 is 0 Å². The van der Waals surface area contributed by atoms with Crippen molar-refractivity contribution in [2.24, 2.45) is 9.81 Å². The number of benzene rings is 2. The van der Waals surface area contributed by atoms with Crippen LogP contribution in [0.4, 0.5) is 5.69 Å². The predicted molar refractivity (Wildman–Crippen MR) is 104 cm³/mol. The summed E-state index contributed by atoms with van der Waals surface area (Å²) in [6.45, 7) is 9.61. The third-order valence-corrected chi connectivity index (χ3v) is 8.03. The molecule has 3 aliphatic heterocycles. The first-order chi connectivity index (χ1) is 11.5. The zero-order valence-electron chi connectivity index (χ0n) is 14.6. The Morgan fingerprint density at radius 3 is 2.46 bits per heavy atom. The van der Waals surface area contributed by atoms with Crippen LogP contribution in [0.5, 0.6) is 0 Å². The highest BCUT2D eigenvalue weighted by atomic mass is 32.2. The maximum Gasteiger partial charge on any atom is 0.150 e. The molecule has 0 bridgehead atoms. The second-order valence-electron chi connectivity index (χ2n) is 7.89. The van der Waals surface area contributed by atoms with Crippen molar-refractivity contribution in [1.82, 2.24) is 0 Å². The summed E-state index contributed by atoms with van der Waals surface area (Å²) in [6, 6.07) is 15.6. The monoisotopic (exact) mass is 334 g/mol. The van der Waals surface area contributed by atoms with Gasteiger partial charge in [-0.3, -0.25) is 0 Å². The topological polar surface area (TPSA) is 15.6 Å². The lowest BCUT2D eigenvalue weighted by Gasteiger charge is -2.56. The highest BCUT2D eigenvalue weighted by Gasteiger charge is 2.58. The predicted octanol–water partition coefficient (Wildman–Crippen LogP) is 5.62. The maximum absolute atomic E-state index is 4.95. The van der Waals surface area contributed by atoms with Crippen molar-refractivity contribution < 1.29 is 0 Å². The first-order valence-electron chi connectivity index (χ1n) is 8.77. The number of para-hydroxylation sites is 1. The van der Waals surface area contributed by atoms with E-state index in [-0.39, 0.29) is 10.8 Å². The number of anilines is 1. The van der Waals surface area contributed by atoms with E-state index in [1.807, 2.05) is 0 Å². The molecular weight excluding hydrogens is 312 g/mol. The fraction of sp³-hybridized carbons (Fsp3) is 0.381. The van der Waals surface area contributed by atoms with E-state index in [9.17, 15) is 0 Å². The molecule has 0 saturated heterocycles. The molecule has 0 N–H and O–H groups in total. The highest BCUT2D eigenvalue weighted by molar-refractivity contribution is 7.99. The Bertz CT molecular complexity index is 898. The number of rotatable bonds is 1. The van der Waals surface area contributed by atoms with Crippen LogP contribution in [0, 0.1) is 5.41 Å². The molecule has 3 heteroatoms. The molecule has 3 aliphatic rings. The van der Waals surface area contributed by atoms with E-state index in [0.29, 0.717) is 5.37 Å². The molecule has 2 aromatic carbocycles. The lowest BCUT2D eigenvalue weighted by atomic mass is 9.58. The van der Waals surface area contributed by atoms with Gasteiger partial charge in [0.05, 0.1) is 5.69 Å². The Balaban J connectivity index is 1.92. The molecule has 2 unspecified atom stereocenters. The van der Waals surface area contributed by atoms with Gasteiger partial charge in [-0.25, -0.2) is 0 Å². The smallest absolute Gasteiger partial charge is 0.150 e. The van der Waals surface area contributed by atoms with Crippen LogP contribution in [-0.2, 0) is 5.41 Å². The molecule has 122 valence electrons. The van der Waals surface area contributed by atoms with Crippen molar-refractivity contribution in [2.45, 2.75) is 44.9 Å². The average molecular weight is 334 g/mol. The summed E-state index contributed by atoms with van der Waals surface area (Å²) in [5.41, 5.74) is 7.09. The number of fused-ring (bicyclic) bond motifs is 3. The number of nitrogens with zero attached hydrogens (tertiary/aromatic N) is 2. The highest BCUT2D eigenvalue weighted by Crippen LogP contribution is 2.63. The number of amidine groups is 1. The summed E-state index contributed by atoms with van der Waals surface area (Å²) in [7, 11) is 0. The zero-order chi connectivity index (χ0) is 16.7. The normalized spacial score (nSPS) is 28.2. The molecule has 0 radical (unpaired) electrons. The van der Waals surface area contributed by atoms with Crippen molar-refractivity contribution >= 4 is 23.5 Å². The minimum atomic E-state index is 0.110. The molecule has 5 rings (SSSR count). The van der Waals surface area contributed by atoms with Gasteiger partial charge in [-0.05, 0) is 23.0 Å². The van der Waals surface area contributed by atoms with E-state index in [1.165, 1.54) is 27.9 Å². The number of hydrogen-bond acceptors (Lipinski definition) is 3. The Morgan fingerprint density at radius 2 is 1.71 bits per heavy atom. The first kappa shape index (κ1) is 14.6. The van der Waals surface area contributed by atoms with Crippen molar-refractivity contribution in [3.05, 3.63) is 53.6 Å². The summed E-state index contributed by atoms with van der Waals surface area (Å²) in [4.78, 5) is 2.53. The summed E-state index contributed by atoms with van der Waals surface area (Å²) < 4.78 is 4.95. The Kier molecular flexibility index (Phi) is 2.71. The van der Waals surface area contributed by atoms with Gasteiger partial charge in [0.15, 0.2) is 0 Å². The Labute approximate surface area is 148 Å². The summed E-state index contributed by atoms with van der Waals surface area (Å²) in [5.74, 6) is 1.15. The van der Waals surface area contributed by atoms with E-state index >= 15 is 0 Å². The molecule has 3 heterocycles. The maximum atomic E-state index is 4.95. The van der Waals surface area contributed by atoms with Crippen LogP contribution in [0.25, 0.3) is 11.1 Å².